The van der Waals surface area contributed by atoms with Crippen molar-refractivity contribution in [3.05, 3.63) is 22.7 Å². The molecule has 20 heavy (non-hydrogen) atoms. The van der Waals surface area contributed by atoms with Crippen molar-refractivity contribution < 1.29 is 23.1 Å². The standard InChI is InChI=1S/C12H16BrNO5S/c1-4-19-10-6-5-9(13)7-11(10)20(17,18)14(3)8(2)12(15)16/h5-8H,4H2,1-3H3,(H,15,16). The Morgan fingerprint density at radius 1 is 1.50 bits per heavy atom. The Morgan fingerprint density at radius 2 is 2.10 bits per heavy atom. The summed E-state index contributed by atoms with van der Waals surface area (Å²) < 4.78 is 31.6. The van der Waals surface area contributed by atoms with Gasteiger partial charge in [-0.05, 0) is 32.0 Å². The van der Waals surface area contributed by atoms with E-state index >= 15 is 0 Å². The predicted molar refractivity (Wildman–Crippen MR) is 77.4 cm³/mol. The third-order valence-electron chi connectivity index (χ3n) is 2.77. The molecule has 0 aliphatic carbocycles. The SMILES string of the molecule is CCOc1ccc(Br)cc1S(=O)(=O)N(C)C(C)C(=O)O. The highest BCUT2D eigenvalue weighted by Gasteiger charge is 2.31. The van der Waals surface area contributed by atoms with Crippen molar-refractivity contribution >= 4 is 31.9 Å². The van der Waals surface area contributed by atoms with Gasteiger partial charge in [0, 0.05) is 11.5 Å². The number of benzene rings is 1. The van der Waals surface area contributed by atoms with E-state index < -0.39 is 22.0 Å². The molecule has 1 rings (SSSR count). The molecule has 0 fully saturated rings. The topological polar surface area (TPSA) is 83.9 Å². The lowest BCUT2D eigenvalue weighted by atomic mass is 10.3. The summed E-state index contributed by atoms with van der Waals surface area (Å²) in [6.45, 7) is 3.35. The summed E-state index contributed by atoms with van der Waals surface area (Å²) in [4.78, 5) is 10.9. The fraction of sp³-hybridized carbons (Fsp3) is 0.417. The monoisotopic (exact) mass is 365 g/mol. The molecule has 0 aromatic heterocycles. The number of hydrogen-bond acceptors (Lipinski definition) is 4. The zero-order valence-corrected chi connectivity index (χ0v) is 13.7. The Balaban J connectivity index is 3.34. The van der Waals surface area contributed by atoms with Crippen LogP contribution in [0.3, 0.4) is 0 Å². The zero-order valence-electron chi connectivity index (χ0n) is 11.3. The van der Waals surface area contributed by atoms with Crippen molar-refractivity contribution in [1.29, 1.82) is 0 Å². The third kappa shape index (κ3) is 3.50. The summed E-state index contributed by atoms with van der Waals surface area (Å²) >= 11 is 3.20. The van der Waals surface area contributed by atoms with E-state index in [0.717, 1.165) is 4.31 Å². The molecule has 0 aliphatic heterocycles. The van der Waals surface area contributed by atoms with Gasteiger partial charge in [0.15, 0.2) is 0 Å². The second-order valence-corrected chi connectivity index (χ2v) is 6.94. The molecule has 0 radical (unpaired) electrons. The number of hydrogen-bond donors (Lipinski definition) is 1. The van der Waals surface area contributed by atoms with Crippen LogP contribution in [0, 0.1) is 0 Å². The number of halogens is 1. The average Bonchev–Trinajstić information content (AvgIpc) is 2.39. The van der Waals surface area contributed by atoms with Crippen molar-refractivity contribution in [2.45, 2.75) is 24.8 Å². The molecule has 1 aromatic rings. The van der Waals surface area contributed by atoms with Crippen LogP contribution < -0.4 is 4.74 Å². The summed E-state index contributed by atoms with van der Waals surface area (Å²) in [7, 11) is -2.73. The van der Waals surface area contributed by atoms with Crippen molar-refractivity contribution in [2.75, 3.05) is 13.7 Å². The first-order valence-corrected chi connectivity index (χ1v) is 8.08. The Morgan fingerprint density at radius 3 is 2.60 bits per heavy atom. The van der Waals surface area contributed by atoms with E-state index in [0.29, 0.717) is 11.1 Å². The van der Waals surface area contributed by atoms with Gasteiger partial charge in [0.2, 0.25) is 10.0 Å². The second-order valence-electron chi connectivity index (χ2n) is 4.06. The first-order chi connectivity index (χ1) is 9.21. The van der Waals surface area contributed by atoms with E-state index in [9.17, 15) is 13.2 Å². The van der Waals surface area contributed by atoms with Crippen LogP contribution >= 0.6 is 15.9 Å². The van der Waals surface area contributed by atoms with Crippen molar-refractivity contribution in [3.8, 4) is 5.75 Å². The van der Waals surface area contributed by atoms with E-state index in [-0.39, 0.29) is 10.6 Å². The van der Waals surface area contributed by atoms with Crippen LogP contribution in [0.4, 0.5) is 0 Å². The molecule has 6 nitrogen and oxygen atoms in total. The predicted octanol–water partition coefficient (Wildman–Crippen LogP) is 1.94. The first kappa shape index (κ1) is 16.9. The number of nitrogens with zero attached hydrogens (tertiary/aromatic N) is 1. The van der Waals surface area contributed by atoms with E-state index in [1.54, 1.807) is 13.0 Å². The van der Waals surface area contributed by atoms with Gasteiger partial charge in [-0.2, -0.15) is 4.31 Å². The van der Waals surface area contributed by atoms with E-state index in [2.05, 4.69) is 15.9 Å². The number of ether oxygens (including phenoxy) is 1. The van der Waals surface area contributed by atoms with Gasteiger partial charge in [0.1, 0.15) is 16.7 Å². The molecule has 1 atom stereocenters. The van der Waals surface area contributed by atoms with Crippen LogP contribution in [0.15, 0.2) is 27.6 Å². The molecule has 0 aliphatic rings. The minimum Gasteiger partial charge on any atom is -0.492 e. The molecule has 112 valence electrons. The zero-order chi connectivity index (χ0) is 15.5. The average molecular weight is 366 g/mol. The van der Waals surface area contributed by atoms with Crippen LogP contribution in [0.25, 0.3) is 0 Å². The molecule has 0 saturated carbocycles. The number of aliphatic carboxylic acids is 1. The third-order valence-corrected chi connectivity index (χ3v) is 5.21. The molecule has 1 aromatic carbocycles. The van der Waals surface area contributed by atoms with Crippen LogP contribution in [-0.4, -0.2) is 43.5 Å². The molecule has 0 saturated heterocycles. The Hall–Kier alpha value is -1.12. The lowest BCUT2D eigenvalue weighted by molar-refractivity contribution is -0.140. The van der Waals surface area contributed by atoms with Crippen molar-refractivity contribution in [3.63, 3.8) is 0 Å². The Kier molecular flexibility index (Phi) is 5.55. The van der Waals surface area contributed by atoms with Gasteiger partial charge in [0.25, 0.3) is 0 Å². The molecular formula is C12H16BrNO5S. The normalized spacial score (nSPS) is 13.2. The minimum atomic E-state index is -3.96. The van der Waals surface area contributed by atoms with Gasteiger partial charge < -0.3 is 9.84 Å². The highest BCUT2D eigenvalue weighted by Crippen LogP contribution is 2.30. The van der Waals surface area contributed by atoms with Gasteiger partial charge in [-0.1, -0.05) is 15.9 Å². The lowest BCUT2D eigenvalue weighted by Gasteiger charge is -2.22. The van der Waals surface area contributed by atoms with Crippen LogP contribution in [0.2, 0.25) is 0 Å². The highest BCUT2D eigenvalue weighted by molar-refractivity contribution is 9.10. The van der Waals surface area contributed by atoms with Gasteiger partial charge >= 0.3 is 5.97 Å². The number of carbonyl (C=O) groups is 1. The molecule has 0 bridgehead atoms. The maximum Gasteiger partial charge on any atom is 0.321 e. The molecule has 0 amide bonds. The molecule has 8 heteroatoms. The molecule has 1 N–H and O–H groups in total. The quantitative estimate of drug-likeness (QED) is 0.832. The number of carboxylic acids is 1. The maximum absolute atomic E-state index is 12.5. The summed E-state index contributed by atoms with van der Waals surface area (Å²) in [5, 5.41) is 8.94. The summed E-state index contributed by atoms with van der Waals surface area (Å²) in [6, 6.07) is 3.41. The van der Waals surface area contributed by atoms with Gasteiger partial charge in [0.05, 0.1) is 6.61 Å². The Bertz CT molecular complexity index is 602. The van der Waals surface area contributed by atoms with E-state index in [1.807, 2.05) is 0 Å². The van der Waals surface area contributed by atoms with Gasteiger partial charge in [-0.3, -0.25) is 4.79 Å². The summed E-state index contributed by atoms with van der Waals surface area (Å²) in [6.07, 6.45) is 0. The molecular weight excluding hydrogens is 350 g/mol. The van der Waals surface area contributed by atoms with Crippen molar-refractivity contribution in [2.24, 2.45) is 0 Å². The Labute approximate surface area is 126 Å². The number of carboxylic acid groups (broad SMARTS) is 1. The molecule has 1 unspecified atom stereocenters. The largest absolute Gasteiger partial charge is 0.492 e. The first-order valence-electron chi connectivity index (χ1n) is 5.85. The minimum absolute atomic E-state index is 0.0654. The molecule has 0 spiro atoms. The summed E-state index contributed by atoms with van der Waals surface area (Å²) in [5.74, 6) is -1.02. The summed E-state index contributed by atoms with van der Waals surface area (Å²) in [5.41, 5.74) is 0. The number of sulfonamides is 1. The fourth-order valence-corrected chi connectivity index (χ4v) is 3.46. The molecule has 0 heterocycles. The van der Waals surface area contributed by atoms with Crippen molar-refractivity contribution in [1.82, 2.24) is 4.31 Å². The highest BCUT2D eigenvalue weighted by atomic mass is 79.9. The second kappa shape index (κ2) is 6.55. The van der Waals surface area contributed by atoms with Crippen LogP contribution in [-0.2, 0) is 14.8 Å². The van der Waals surface area contributed by atoms with Crippen LogP contribution in [0.1, 0.15) is 13.8 Å². The van der Waals surface area contributed by atoms with E-state index in [1.165, 1.54) is 26.1 Å². The lowest BCUT2D eigenvalue weighted by Crippen LogP contribution is -2.40. The smallest absolute Gasteiger partial charge is 0.321 e. The number of likely N-dealkylation sites (N-methyl/N-ethyl adjacent to an activating group) is 1. The van der Waals surface area contributed by atoms with Gasteiger partial charge in [-0.25, -0.2) is 8.42 Å². The van der Waals surface area contributed by atoms with Gasteiger partial charge in [-0.15, -0.1) is 0 Å². The fourth-order valence-electron chi connectivity index (χ4n) is 1.48. The maximum atomic E-state index is 12.5. The number of rotatable bonds is 6. The van der Waals surface area contributed by atoms with E-state index in [4.69, 9.17) is 9.84 Å². The van der Waals surface area contributed by atoms with Crippen LogP contribution in [0.5, 0.6) is 5.75 Å².